The Kier molecular flexibility index (Phi) is 7.75. The summed E-state index contributed by atoms with van der Waals surface area (Å²) in [6.07, 6.45) is 5.33. The van der Waals surface area contributed by atoms with Gasteiger partial charge in [-0.3, -0.25) is 0 Å². The summed E-state index contributed by atoms with van der Waals surface area (Å²) in [5.41, 5.74) is 1.14. The highest BCUT2D eigenvalue weighted by atomic mass is 16.5. The minimum Gasteiger partial charge on any atom is -0.490 e. The monoisotopic (exact) mass is 263 g/mol. The summed E-state index contributed by atoms with van der Waals surface area (Å²) in [6.45, 7) is 9.41. The summed E-state index contributed by atoms with van der Waals surface area (Å²) in [6, 6.07) is 6.05. The smallest absolute Gasteiger partial charge is 0.161 e. The first kappa shape index (κ1) is 15.6. The van der Waals surface area contributed by atoms with E-state index < -0.39 is 0 Å². The second-order valence-corrected chi connectivity index (χ2v) is 4.12. The van der Waals surface area contributed by atoms with Gasteiger partial charge in [0.2, 0.25) is 0 Å². The van der Waals surface area contributed by atoms with Crippen LogP contribution in [-0.4, -0.2) is 26.3 Å². The number of rotatable bonds is 9. The summed E-state index contributed by atoms with van der Waals surface area (Å²) in [7, 11) is 0. The molecular formula is C16H25NO2. The zero-order valence-corrected chi connectivity index (χ0v) is 12.2. The molecule has 0 aromatic heterocycles. The Morgan fingerprint density at radius 2 is 1.79 bits per heavy atom. The lowest BCUT2D eigenvalue weighted by Gasteiger charge is -2.11. The number of hydrogen-bond donors (Lipinski definition) is 1. The van der Waals surface area contributed by atoms with Gasteiger partial charge < -0.3 is 14.8 Å². The van der Waals surface area contributed by atoms with Crippen LogP contribution in [0.2, 0.25) is 0 Å². The molecule has 0 atom stereocenters. The fourth-order valence-corrected chi connectivity index (χ4v) is 1.75. The van der Waals surface area contributed by atoms with Gasteiger partial charge in [-0.15, -0.1) is 0 Å². The van der Waals surface area contributed by atoms with E-state index in [0.29, 0.717) is 13.2 Å². The van der Waals surface area contributed by atoms with Gasteiger partial charge in [0.15, 0.2) is 11.5 Å². The maximum atomic E-state index is 5.60. The van der Waals surface area contributed by atoms with E-state index in [0.717, 1.165) is 36.6 Å². The SMILES string of the molecule is CCNCCC=Cc1ccc(OCC)c(OCC)c1. The third-order valence-electron chi connectivity index (χ3n) is 2.62. The van der Waals surface area contributed by atoms with Crippen LogP contribution in [0.25, 0.3) is 6.08 Å². The van der Waals surface area contributed by atoms with Gasteiger partial charge in [0.1, 0.15) is 0 Å². The van der Waals surface area contributed by atoms with Crippen molar-refractivity contribution in [2.75, 3.05) is 26.3 Å². The van der Waals surface area contributed by atoms with Crippen LogP contribution in [0.4, 0.5) is 0 Å². The van der Waals surface area contributed by atoms with Crippen LogP contribution in [0.1, 0.15) is 32.8 Å². The van der Waals surface area contributed by atoms with Crippen LogP contribution in [-0.2, 0) is 0 Å². The van der Waals surface area contributed by atoms with E-state index in [-0.39, 0.29) is 0 Å². The number of nitrogens with one attached hydrogen (secondary N) is 1. The van der Waals surface area contributed by atoms with Gasteiger partial charge in [-0.2, -0.15) is 0 Å². The van der Waals surface area contributed by atoms with E-state index in [1.807, 2.05) is 26.0 Å². The predicted octanol–water partition coefficient (Wildman–Crippen LogP) is 3.50. The molecule has 1 aromatic rings. The van der Waals surface area contributed by atoms with Crippen molar-refractivity contribution < 1.29 is 9.47 Å². The Morgan fingerprint density at radius 3 is 2.47 bits per heavy atom. The molecule has 0 aliphatic rings. The Bertz CT molecular complexity index is 388. The number of ether oxygens (including phenoxy) is 2. The van der Waals surface area contributed by atoms with Crippen molar-refractivity contribution in [1.29, 1.82) is 0 Å². The molecule has 0 spiro atoms. The largest absolute Gasteiger partial charge is 0.490 e. The minimum absolute atomic E-state index is 0.646. The minimum atomic E-state index is 0.646. The van der Waals surface area contributed by atoms with Crippen LogP contribution in [0.3, 0.4) is 0 Å². The molecule has 0 heterocycles. The zero-order chi connectivity index (χ0) is 13.9. The molecule has 1 aromatic carbocycles. The lowest BCUT2D eigenvalue weighted by Crippen LogP contribution is -2.12. The topological polar surface area (TPSA) is 30.5 Å². The van der Waals surface area contributed by atoms with Crippen LogP contribution < -0.4 is 14.8 Å². The predicted molar refractivity (Wildman–Crippen MR) is 81.0 cm³/mol. The van der Waals surface area contributed by atoms with Gasteiger partial charge in [0.25, 0.3) is 0 Å². The fourth-order valence-electron chi connectivity index (χ4n) is 1.75. The van der Waals surface area contributed by atoms with Crippen LogP contribution in [0.15, 0.2) is 24.3 Å². The van der Waals surface area contributed by atoms with E-state index in [1.54, 1.807) is 0 Å². The highest BCUT2D eigenvalue weighted by molar-refractivity contribution is 5.55. The molecule has 0 saturated heterocycles. The van der Waals surface area contributed by atoms with Crippen molar-refractivity contribution in [2.24, 2.45) is 0 Å². The first-order chi connectivity index (χ1) is 9.31. The summed E-state index contributed by atoms with van der Waals surface area (Å²) in [4.78, 5) is 0. The molecule has 0 bridgehead atoms. The van der Waals surface area contributed by atoms with Crippen molar-refractivity contribution in [1.82, 2.24) is 5.32 Å². The zero-order valence-electron chi connectivity index (χ0n) is 12.2. The Hall–Kier alpha value is -1.48. The average molecular weight is 263 g/mol. The molecule has 1 N–H and O–H groups in total. The molecule has 0 amide bonds. The lowest BCUT2D eigenvalue weighted by atomic mass is 10.1. The van der Waals surface area contributed by atoms with Gasteiger partial charge in [0, 0.05) is 0 Å². The summed E-state index contributed by atoms with van der Waals surface area (Å²) in [5, 5.41) is 3.30. The van der Waals surface area contributed by atoms with Gasteiger partial charge in [-0.1, -0.05) is 25.1 Å². The van der Waals surface area contributed by atoms with Crippen LogP contribution in [0, 0.1) is 0 Å². The molecule has 19 heavy (non-hydrogen) atoms. The highest BCUT2D eigenvalue weighted by Crippen LogP contribution is 2.28. The lowest BCUT2D eigenvalue weighted by molar-refractivity contribution is 0.287. The third-order valence-corrected chi connectivity index (χ3v) is 2.62. The van der Waals surface area contributed by atoms with Gasteiger partial charge in [-0.05, 0) is 51.1 Å². The van der Waals surface area contributed by atoms with E-state index in [4.69, 9.17) is 9.47 Å². The van der Waals surface area contributed by atoms with Crippen LogP contribution >= 0.6 is 0 Å². The fraction of sp³-hybridized carbons (Fsp3) is 0.500. The summed E-state index contributed by atoms with van der Waals surface area (Å²) < 4.78 is 11.1. The molecule has 106 valence electrons. The van der Waals surface area contributed by atoms with Crippen LogP contribution in [0.5, 0.6) is 11.5 Å². The average Bonchev–Trinajstić information content (AvgIpc) is 2.42. The maximum Gasteiger partial charge on any atom is 0.161 e. The molecule has 3 nitrogen and oxygen atoms in total. The third kappa shape index (κ3) is 5.79. The molecule has 0 saturated carbocycles. The summed E-state index contributed by atoms with van der Waals surface area (Å²) >= 11 is 0. The highest BCUT2D eigenvalue weighted by Gasteiger charge is 2.04. The van der Waals surface area contributed by atoms with E-state index in [1.165, 1.54) is 0 Å². The normalized spacial score (nSPS) is 10.9. The van der Waals surface area contributed by atoms with Gasteiger partial charge >= 0.3 is 0 Å². The Morgan fingerprint density at radius 1 is 1.05 bits per heavy atom. The van der Waals surface area contributed by atoms with Gasteiger partial charge in [-0.25, -0.2) is 0 Å². The maximum absolute atomic E-state index is 5.60. The quantitative estimate of drug-likeness (QED) is 0.692. The first-order valence-corrected chi connectivity index (χ1v) is 7.08. The number of benzene rings is 1. The Labute approximate surface area is 116 Å². The molecule has 0 aliphatic heterocycles. The molecule has 0 unspecified atom stereocenters. The first-order valence-electron chi connectivity index (χ1n) is 7.08. The molecule has 1 rings (SSSR count). The van der Waals surface area contributed by atoms with Crippen molar-refractivity contribution in [3.8, 4) is 11.5 Å². The molecule has 3 heteroatoms. The Balaban J connectivity index is 2.66. The van der Waals surface area contributed by atoms with E-state index in [9.17, 15) is 0 Å². The van der Waals surface area contributed by atoms with Crippen molar-refractivity contribution in [3.63, 3.8) is 0 Å². The standard InChI is InChI=1S/C16H25NO2/c1-4-17-12-8-7-9-14-10-11-15(18-5-2)16(13-14)19-6-3/h7,9-11,13,17H,4-6,8,12H2,1-3H3. The molecular weight excluding hydrogens is 238 g/mol. The van der Waals surface area contributed by atoms with Gasteiger partial charge in [0.05, 0.1) is 13.2 Å². The molecule has 0 fully saturated rings. The van der Waals surface area contributed by atoms with Crippen molar-refractivity contribution >= 4 is 6.08 Å². The second-order valence-electron chi connectivity index (χ2n) is 4.12. The second kappa shape index (κ2) is 9.45. The van der Waals surface area contributed by atoms with E-state index >= 15 is 0 Å². The summed E-state index contributed by atoms with van der Waals surface area (Å²) in [5.74, 6) is 1.63. The van der Waals surface area contributed by atoms with E-state index in [2.05, 4.69) is 30.5 Å². The van der Waals surface area contributed by atoms with Crippen molar-refractivity contribution in [3.05, 3.63) is 29.8 Å². The number of hydrogen-bond acceptors (Lipinski definition) is 3. The van der Waals surface area contributed by atoms with Crippen molar-refractivity contribution in [2.45, 2.75) is 27.2 Å². The molecule has 0 radical (unpaired) electrons. The molecule has 0 aliphatic carbocycles.